The second-order valence-electron chi connectivity index (χ2n) is 6.67. The molecule has 0 aliphatic heterocycles. The zero-order valence-corrected chi connectivity index (χ0v) is 17.0. The fourth-order valence-corrected chi connectivity index (χ4v) is 4.52. The van der Waals surface area contributed by atoms with Gasteiger partial charge in [-0.15, -0.1) is 0 Å². The lowest BCUT2D eigenvalue weighted by molar-refractivity contribution is 0.287. The van der Waals surface area contributed by atoms with Gasteiger partial charge in [0, 0.05) is 0 Å². The van der Waals surface area contributed by atoms with Crippen molar-refractivity contribution in [2.45, 2.75) is 45.6 Å². The minimum Gasteiger partial charge on any atom is -0.497 e. The van der Waals surface area contributed by atoms with Crippen molar-refractivity contribution in [3.05, 3.63) is 52.6 Å². The Morgan fingerprint density at radius 3 is 2.04 bits per heavy atom. The van der Waals surface area contributed by atoms with Crippen LogP contribution in [-0.2, 0) is 10.0 Å². The number of methoxy groups -OCH3 is 1. The molecule has 0 bridgehead atoms. The molecule has 2 aromatic carbocycles. The molecule has 0 aromatic heterocycles. The molecule has 0 saturated heterocycles. The summed E-state index contributed by atoms with van der Waals surface area (Å²) in [5.74, 6) is 1.38. The van der Waals surface area contributed by atoms with Crippen LogP contribution in [0.4, 0.5) is 0 Å². The Morgan fingerprint density at radius 1 is 0.923 bits per heavy atom. The summed E-state index contributed by atoms with van der Waals surface area (Å²) in [4.78, 5) is 0.288. The molecule has 0 fully saturated rings. The topological polar surface area (TPSA) is 64.6 Å². The van der Waals surface area contributed by atoms with Crippen molar-refractivity contribution < 1.29 is 17.9 Å². The Kier molecular flexibility index (Phi) is 6.31. The molecule has 0 heterocycles. The van der Waals surface area contributed by atoms with Gasteiger partial charge in [0.25, 0.3) is 0 Å². The minimum absolute atomic E-state index is 0.246. The molecular formula is C20H27NO4S. The van der Waals surface area contributed by atoms with E-state index >= 15 is 0 Å². The fraction of sp³-hybridized carbons (Fsp3) is 0.400. The number of benzene rings is 2. The maximum Gasteiger partial charge on any atom is 0.241 e. The summed E-state index contributed by atoms with van der Waals surface area (Å²) in [7, 11) is -2.09. The van der Waals surface area contributed by atoms with Crippen molar-refractivity contribution in [3.63, 3.8) is 0 Å². The van der Waals surface area contributed by atoms with Gasteiger partial charge in [-0.1, -0.05) is 6.07 Å². The van der Waals surface area contributed by atoms with Crippen LogP contribution in [0.15, 0.2) is 35.2 Å². The molecule has 0 aliphatic rings. The van der Waals surface area contributed by atoms with Crippen molar-refractivity contribution in [2.24, 2.45) is 0 Å². The third-order valence-electron chi connectivity index (χ3n) is 4.27. The predicted octanol–water partition coefficient (Wildman–Crippen LogP) is 3.67. The van der Waals surface area contributed by atoms with Crippen LogP contribution in [0.3, 0.4) is 0 Å². The normalized spacial score (nSPS) is 12.7. The van der Waals surface area contributed by atoms with E-state index in [1.165, 1.54) is 5.56 Å². The number of nitrogens with one attached hydrogen (secondary N) is 1. The fourth-order valence-electron chi connectivity index (χ4n) is 2.83. The summed E-state index contributed by atoms with van der Waals surface area (Å²) in [6, 6.07) is 8.90. The first-order chi connectivity index (χ1) is 12.1. The molecule has 5 nitrogen and oxygen atoms in total. The highest BCUT2D eigenvalue weighted by atomic mass is 32.2. The maximum atomic E-state index is 12.8. The number of hydrogen-bond acceptors (Lipinski definition) is 4. The van der Waals surface area contributed by atoms with Gasteiger partial charge >= 0.3 is 0 Å². The molecule has 26 heavy (non-hydrogen) atoms. The minimum atomic E-state index is -3.65. The van der Waals surface area contributed by atoms with Crippen LogP contribution in [0.2, 0.25) is 0 Å². The zero-order chi connectivity index (χ0) is 19.5. The van der Waals surface area contributed by atoms with E-state index in [2.05, 4.69) is 4.72 Å². The third kappa shape index (κ3) is 4.77. The predicted molar refractivity (Wildman–Crippen MR) is 104 cm³/mol. The van der Waals surface area contributed by atoms with Crippen LogP contribution in [0.1, 0.15) is 29.2 Å². The first-order valence-electron chi connectivity index (χ1n) is 8.51. The van der Waals surface area contributed by atoms with Crippen molar-refractivity contribution in [2.75, 3.05) is 13.7 Å². The second kappa shape index (κ2) is 8.10. The first-order valence-corrected chi connectivity index (χ1v) is 10.00. The molecule has 0 amide bonds. The smallest absolute Gasteiger partial charge is 0.241 e. The number of ether oxygens (including phenoxy) is 2. The molecule has 0 spiro atoms. The van der Waals surface area contributed by atoms with Crippen LogP contribution >= 0.6 is 0 Å². The number of aryl methyl sites for hydroxylation is 4. The van der Waals surface area contributed by atoms with Crippen molar-refractivity contribution in [1.82, 2.24) is 4.72 Å². The molecule has 1 atom stereocenters. The van der Waals surface area contributed by atoms with Gasteiger partial charge in [-0.05, 0) is 81.1 Å². The summed E-state index contributed by atoms with van der Waals surface area (Å²) in [5, 5.41) is 0. The molecule has 6 heteroatoms. The third-order valence-corrected chi connectivity index (χ3v) is 6.17. The molecule has 1 unspecified atom stereocenters. The quantitative estimate of drug-likeness (QED) is 0.799. The van der Waals surface area contributed by atoms with E-state index < -0.39 is 10.0 Å². The van der Waals surface area contributed by atoms with E-state index in [9.17, 15) is 8.42 Å². The molecule has 142 valence electrons. The molecule has 0 radical (unpaired) electrons. The Morgan fingerprint density at radius 2 is 1.50 bits per heavy atom. The average molecular weight is 378 g/mol. The van der Waals surface area contributed by atoms with Crippen LogP contribution in [0.25, 0.3) is 0 Å². The lowest BCUT2D eigenvalue weighted by Gasteiger charge is -2.18. The summed E-state index contributed by atoms with van der Waals surface area (Å²) in [6.07, 6.45) is 0. The highest BCUT2D eigenvalue weighted by Gasteiger charge is 2.22. The number of rotatable bonds is 7. The lowest BCUT2D eigenvalue weighted by Crippen LogP contribution is -2.37. The van der Waals surface area contributed by atoms with E-state index in [1.54, 1.807) is 40.0 Å². The van der Waals surface area contributed by atoms with Gasteiger partial charge in [0.1, 0.15) is 18.1 Å². The average Bonchev–Trinajstić information content (AvgIpc) is 2.54. The van der Waals surface area contributed by atoms with Gasteiger partial charge in [-0.2, -0.15) is 0 Å². The monoisotopic (exact) mass is 377 g/mol. The van der Waals surface area contributed by atoms with Crippen molar-refractivity contribution >= 4 is 10.0 Å². The summed E-state index contributed by atoms with van der Waals surface area (Å²) in [5.41, 5.74) is 3.63. The van der Waals surface area contributed by atoms with E-state index in [0.29, 0.717) is 16.9 Å². The SMILES string of the molecule is COc1cc(C)c(S(=O)(=O)NC(C)COc2ccc(C)c(C)c2)c(C)c1. The van der Waals surface area contributed by atoms with E-state index in [-0.39, 0.29) is 17.5 Å². The van der Waals surface area contributed by atoms with Crippen LogP contribution in [-0.4, -0.2) is 28.2 Å². The van der Waals surface area contributed by atoms with Gasteiger partial charge in [-0.25, -0.2) is 13.1 Å². The Balaban J connectivity index is 2.10. The van der Waals surface area contributed by atoms with E-state index in [0.717, 1.165) is 11.3 Å². The molecule has 2 aromatic rings. The Labute approximate surface area is 156 Å². The standard InChI is InChI=1S/C20H27NO4S/c1-13-7-8-18(9-14(13)2)25-12-17(5)21-26(22,23)20-15(3)10-19(24-6)11-16(20)4/h7-11,17,21H,12H2,1-6H3. The van der Waals surface area contributed by atoms with Gasteiger partial charge in [0.05, 0.1) is 18.0 Å². The lowest BCUT2D eigenvalue weighted by atomic mass is 10.1. The molecular weight excluding hydrogens is 350 g/mol. The van der Waals surface area contributed by atoms with Gasteiger partial charge in [0.2, 0.25) is 10.0 Å². The molecule has 0 aliphatic carbocycles. The van der Waals surface area contributed by atoms with Crippen LogP contribution < -0.4 is 14.2 Å². The highest BCUT2D eigenvalue weighted by molar-refractivity contribution is 7.89. The zero-order valence-electron chi connectivity index (χ0n) is 16.2. The molecule has 0 saturated carbocycles. The van der Waals surface area contributed by atoms with Gasteiger partial charge in [-0.3, -0.25) is 0 Å². The molecule has 1 N–H and O–H groups in total. The largest absolute Gasteiger partial charge is 0.497 e. The van der Waals surface area contributed by atoms with Gasteiger partial charge in [0.15, 0.2) is 0 Å². The summed E-state index contributed by atoms with van der Waals surface area (Å²) >= 11 is 0. The second-order valence-corrected chi connectivity index (χ2v) is 8.32. The summed E-state index contributed by atoms with van der Waals surface area (Å²) < 4.78 is 39.2. The Bertz CT molecular complexity index is 868. The van der Waals surface area contributed by atoms with Crippen LogP contribution in [0.5, 0.6) is 11.5 Å². The van der Waals surface area contributed by atoms with Gasteiger partial charge < -0.3 is 9.47 Å². The first kappa shape index (κ1) is 20.3. The van der Waals surface area contributed by atoms with E-state index in [4.69, 9.17) is 9.47 Å². The highest BCUT2D eigenvalue weighted by Crippen LogP contribution is 2.25. The van der Waals surface area contributed by atoms with Crippen molar-refractivity contribution in [1.29, 1.82) is 0 Å². The van der Waals surface area contributed by atoms with E-state index in [1.807, 2.05) is 32.0 Å². The maximum absolute atomic E-state index is 12.8. The van der Waals surface area contributed by atoms with Crippen molar-refractivity contribution in [3.8, 4) is 11.5 Å². The number of sulfonamides is 1. The number of hydrogen-bond donors (Lipinski definition) is 1. The summed E-state index contributed by atoms with van der Waals surface area (Å²) in [6.45, 7) is 9.61. The van der Waals surface area contributed by atoms with Crippen LogP contribution in [0, 0.1) is 27.7 Å². The Hall–Kier alpha value is -2.05. The molecule has 2 rings (SSSR count).